The van der Waals surface area contributed by atoms with Crippen LogP contribution in [0.3, 0.4) is 0 Å². The highest BCUT2D eigenvalue weighted by atomic mass is 32.2. The largest absolute Gasteiger partial charge is 0.464 e. The van der Waals surface area contributed by atoms with Crippen LogP contribution in [0.5, 0.6) is 0 Å². The first-order chi connectivity index (χ1) is 12.3. The van der Waals surface area contributed by atoms with Crippen molar-refractivity contribution in [1.29, 1.82) is 0 Å². The lowest BCUT2D eigenvalue weighted by molar-refractivity contribution is 0.259. The summed E-state index contributed by atoms with van der Waals surface area (Å²) < 4.78 is 7.57. The van der Waals surface area contributed by atoms with E-state index in [9.17, 15) is 0 Å². The average Bonchev–Trinajstić information content (AvgIpc) is 3.28. The van der Waals surface area contributed by atoms with Gasteiger partial charge in [0.25, 0.3) is 0 Å². The van der Waals surface area contributed by atoms with E-state index in [-0.39, 0.29) is 0 Å². The maximum atomic E-state index is 5.49. The molecule has 1 aliphatic heterocycles. The van der Waals surface area contributed by atoms with Gasteiger partial charge < -0.3 is 13.9 Å². The summed E-state index contributed by atoms with van der Waals surface area (Å²) in [7, 11) is 2.04. The molecule has 6 nitrogen and oxygen atoms in total. The Morgan fingerprint density at radius 3 is 2.80 bits per heavy atom. The Labute approximate surface area is 151 Å². The molecule has 25 heavy (non-hydrogen) atoms. The molecule has 3 aromatic heterocycles. The van der Waals surface area contributed by atoms with E-state index in [1.165, 1.54) is 6.42 Å². The van der Waals surface area contributed by atoms with Crippen LogP contribution in [0.4, 0.5) is 5.82 Å². The summed E-state index contributed by atoms with van der Waals surface area (Å²) in [5.74, 6) is 2.16. The number of anilines is 1. The molecular formula is C18H23N5OS. The Hall–Kier alpha value is -1.99. The number of fused-ring (bicyclic) bond motifs is 1. The molecule has 0 aromatic carbocycles. The Morgan fingerprint density at radius 2 is 2.00 bits per heavy atom. The Morgan fingerprint density at radius 1 is 1.12 bits per heavy atom. The van der Waals surface area contributed by atoms with E-state index >= 15 is 0 Å². The number of aryl methyl sites for hydroxylation is 1. The highest BCUT2D eigenvalue weighted by Gasteiger charge is 2.19. The first-order valence-electron chi connectivity index (χ1n) is 8.71. The summed E-state index contributed by atoms with van der Waals surface area (Å²) in [6.07, 6.45) is 8.62. The van der Waals surface area contributed by atoms with Crippen LogP contribution < -0.4 is 4.90 Å². The highest BCUT2D eigenvalue weighted by Crippen LogP contribution is 2.26. The maximum absolute atomic E-state index is 5.49. The third-order valence-corrected chi connectivity index (χ3v) is 5.80. The van der Waals surface area contributed by atoms with Gasteiger partial charge in [-0.3, -0.25) is 4.90 Å². The summed E-state index contributed by atoms with van der Waals surface area (Å²) in [4.78, 5) is 13.8. The molecule has 0 saturated carbocycles. The maximum Gasteiger partial charge on any atom is 0.167 e. The first-order valence-corrected chi connectivity index (χ1v) is 9.69. The fourth-order valence-electron chi connectivity index (χ4n) is 3.26. The van der Waals surface area contributed by atoms with E-state index in [2.05, 4.69) is 24.3 Å². The van der Waals surface area contributed by atoms with Crippen LogP contribution in [0.1, 0.15) is 6.42 Å². The van der Waals surface area contributed by atoms with Gasteiger partial charge in [0.05, 0.1) is 11.6 Å². The topological polar surface area (TPSA) is 50.3 Å². The smallest absolute Gasteiger partial charge is 0.167 e. The molecule has 4 heterocycles. The van der Waals surface area contributed by atoms with Crippen molar-refractivity contribution in [3.05, 3.63) is 37.0 Å². The Bertz CT molecular complexity index is 822. The summed E-state index contributed by atoms with van der Waals surface area (Å²) in [6.45, 7) is 5.36. The number of hydrogen-bond acceptors (Lipinski definition) is 6. The van der Waals surface area contributed by atoms with E-state index in [0.29, 0.717) is 0 Å². The second-order valence-corrected chi connectivity index (χ2v) is 7.38. The Kier molecular flexibility index (Phi) is 4.94. The van der Waals surface area contributed by atoms with Gasteiger partial charge in [-0.05, 0) is 25.1 Å². The minimum absolute atomic E-state index is 0.915. The van der Waals surface area contributed by atoms with Crippen LogP contribution in [0, 0.1) is 0 Å². The fourth-order valence-corrected chi connectivity index (χ4v) is 4.11. The fraction of sp³-hybridized carbons (Fsp3) is 0.444. The number of pyridine rings is 1. The van der Waals surface area contributed by atoms with Crippen molar-refractivity contribution >= 4 is 28.5 Å². The number of imidazole rings is 1. The third-order valence-electron chi connectivity index (χ3n) is 4.66. The number of furan rings is 1. The van der Waals surface area contributed by atoms with Crippen molar-refractivity contribution in [2.75, 3.05) is 43.4 Å². The zero-order valence-electron chi connectivity index (χ0n) is 14.5. The average molecular weight is 357 g/mol. The normalized spacial score (nSPS) is 16.0. The monoisotopic (exact) mass is 357 g/mol. The molecule has 4 rings (SSSR count). The molecule has 0 bridgehead atoms. The summed E-state index contributed by atoms with van der Waals surface area (Å²) in [6, 6.07) is 3.94. The molecule has 0 atom stereocenters. The van der Waals surface area contributed by atoms with E-state index in [1.54, 1.807) is 6.26 Å². The van der Waals surface area contributed by atoms with Crippen LogP contribution in [-0.4, -0.2) is 57.9 Å². The predicted octanol–water partition coefficient (Wildman–Crippen LogP) is 2.87. The molecule has 0 spiro atoms. The van der Waals surface area contributed by atoms with Gasteiger partial charge in [0.2, 0.25) is 0 Å². The zero-order valence-corrected chi connectivity index (χ0v) is 15.3. The third kappa shape index (κ3) is 3.67. The lowest BCUT2D eigenvalue weighted by Gasteiger charge is -2.35. The SMILES string of the molecule is Cn1ccnc1SCCCN1CCN(c2nccc3occc23)CC1. The van der Waals surface area contributed by atoms with Crippen molar-refractivity contribution in [3.8, 4) is 0 Å². The summed E-state index contributed by atoms with van der Waals surface area (Å²) >= 11 is 1.84. The molecule has 0 unspecified atom stereocenters. The van der Waals surface area contributed by atoms with Gasteiger partial charge in [-0.25, -0.2) is 9.97 Å². The molecule has 0 amide bonds. The molecule has 3 aromatic rings. The number of nitrogens with zero attached hydrogens (tertiary/aromatic N) is 5. The van der Waals surface area contributed by atoms with Gasteiger partial charge in [-0.15, -0.1) is 0 Å². The van der Waals surface area contributed by atoms with Gasteiger partial charge in [0, 0.05) is 57.6 Å². The lowest BCUT2D eigenvalue weighted by Crippen LogP contribution is -2.47. The van der Waals surface area contributed by atoms with Crippen molar-refractivity contribution in [3.63, 3.8) is 0 Å². The number of aromatic nitrogens is 3. The molecule has 7 heteroatoms. The molecule has 0 radical (unpaired) electrons. The van der Waals surface area contributed by atoms with E-state index in [0.717, 1.165) is 60.4 Å². The van der Waals surface area contributed by atoms with Crippen LogP contribution in [0.15, 0.2) is 46.6 Å². The molecular weight excluding hydrogens is 334 g/mol. The minimum atomic E-state index is 0.915. The number of piperazine rings is 1. The number of thioether (sulfide) groups is 1. The van der Waals surface area contributed by atoms with Crippen LogP contribution >= 0.6 is 11.8 Å². The molecule has 132 valence electrons. The number of hydrogen-bond donors (Lipinski definition) is 0. The summed E-state index contributed by atoms with van der Waals surface area (Å²) in [5, 5.41) is 2.21. The molecule has 0 aliphatic carbocycles. The predicted molar refractivity (Wildman–Crippen MR) is 101 cm³/mol. The van der Waals surface area contributed by atoms with Gasteiger partial charge in [-0.1, -0.05) is 11.8 Å². The molecule has 0 N–H and O–H groups in total. The van der Waals surface area contributed by atoms with E-state index in [1.807, 2.05) is 49.5 Å². The van der Waals surface area contributed by atoms with Gasteiger partial charge in [0.15, 0.2) is 5.16 Å². The van der Waals surface area contributed by atoms with E-state index in [4.69, 9.17) is 4.42 Å². The molecule has 1 fully saturated rings. The second kappa shape index (κ2) is 7.49. The lowest BCUT2D eigenvalue weighted by atomic mass is 10.2. The van der Waals surface area contributed by atoms with Crippen LogP contribution in [0.25, 0.3) is 11.0 Å². The van der Waals surface area contributed by atoms with Crippen molar-refractivity contribution in [2.45, 2.75) is 11.6 Å². The van der Waals surface area contributed by atoms with Crippen molar-refractivity contribution in [1.82, 2.24) is 19.4 Å². The minimum Gasteiger partial charge on any atom is -0.464 e. The summed E-state index contributed by atoms with van der Waals surface area (Å²) in [5.41, 5.74) is 0.915. The van der Waals surface area contributed by atoms with Crippen LogP contribution in [-0.2, 0) is 7.05 Å². The second-order valence-electron chi connectivity index (χ2n) is 6.32. The standard InChI is InChI=1S/C18H23N5OS/c1-21-8-6-20-18(21)25-14-2-7-22-9-11-23(12-10-22)17-15-4-13-24-16(15)3-5-19-17/h3-6,8,13H,2,7,9-12,14H2,1H3. The zero-order chi connectivity index (χ0) is 17.1. The van der Waals surface area contributed by atoms with Crippen LogP contribution in [0.2, 0.25) is 0 Å². The first kappa shape index (κ1) is 16.5. The number of rotatable bonds is 6. The van der Waals surface area contributed by atoms with Crippen molar-refractivity contribution < 1.29 is 4.42 Å². The van der Waals surface area contributed by atoms with Gasteiger partial charge in [0.1, 0.15) is 11.4 Å². The van der Waals surface area contributed by atoms with Crippen molar-refractivity contribution in [2.24, 2.45) is 7.05 Å². The van der Waals surface area contributed by atoms with E-state index < -0.39 is 0 Å². The highest BCUT2D eigenvalue weighted by molar-refractivity contribution is 7.99. The molecule has 1 aliphatic rings. The van der Waals surface area contributed by atoms with Gasteiger partial charge >= 0.3 is 0 Å². The van der Waals surface area contributed by atoms with Gasteiger partial charge in [-0.2, -0.15) is 0 Å². The molecule has 1 saturated heterocycles. The Balaban J connectivity index is 1.24. The quantitative estimate of drug-likeness (QED) is 0.499.